The van der Waals surface area contributed by atoms with Gasteiger partial charge in [-0.1, -0.05) is 18.5 Å². The minimum Gasteiger partial charge on any atom is -0.490 e. The van der Waals surface area contributed by atoms with Crippen molar-refractivity contribution in [2.45, 2.75) is 46.2 Å². The fraction of sp³-hybridized carbons (Fsp3) is 0.667. The van der Waals surface area contributed by atoms with Crippen molar-refractivity contribution >= 4 is 11.6 Å². The van der Waals surface area contributed by atoms with Gasteiger partial charge in [-0.05, 0) is 57.5 Å². The molecule has 1 N–H and O–H groups in total. The predicted octanol–water partition coefficient (Wildman–Crippen LogP) is 3.71. The highest BCUT2D eigenvalue weighted by Gasteiger charge is 2.22. The zero-order chi connectivity index (χ0) is 16.7. The molecule has 0 amide bonds. The van der Waals surface area contributed by atoms with Crippen LogP contribution in [0.15, 0.2) is 12.1 Å². The molecule has 1 heterocycles. The number of hydrogen-bond acceptors (Lipinski definition) is 4. The molecule has 1 aliphatic rings. The van der Waals surface area contributed by atoms with E-state index < -0.39 is 0 Å². The van der Waals surface area contributed by atoms with Crippen molar-refractivity contribution in [1.82, 2.24) is 10.2 Å². The third-order valence-corrected chi connectivity index (χ3v) is 4.55. The number of nitrogens with one attached hydrogen (secondary N) is 1. The van der Waals surface area contributed by atoms with E-state index in [1.807, 2.05) is 26.0 Å². The van der Waals surface area contributed by atoms with Crippen molar-refractivity contribution in [3.63, 3.8) is 0 Å². The molecule has 1 aliphatic heterocycles. The van der Waals surface area contributed by atoms with Gasteiger partial charge in [0.15, 0.2) is 11.5 Å². The Balaban J connectivity index is 1.96. The van der Waals surface area contributed by atoms with Gasteiger partial charge in [0, 0.05) is 19.1 Å². The highest BCUT2D eigenvalue weighted by molar-refractivity contribution is 6.32. The fourth-order valence-corrected chi connectivity index (χ4v) is 3.48. The molecule has 5 heteroatoms. The average molecular weight is 341 g/mol. The maximum absolute atomic E-state index is 6.36. The van der Waals surface area contributed by atoms with Crippen molar-refractivity contribution in [1.29, 1.82) is 0 Å². The Morgan fingerprint density at radius 3 is 2.70 bits per heavy atom. The summed E-state index contributed by atoms with van der Waals surface area (Å²) in [6, 6.07) is 4.65. The molecule has 0 saturated carbocycles. The molecule has 1 aromatic carbocycles. The fourth-order valence-electron chi connectivity index (χ4n) is 3.20. The molecular weight excluding hydrogens is 312 g/mol. The van der Waals surface area contributed by atoms with Crippen molar-refractivity contribution < 1.29 is 9.47 Å². The number of benzene rings is 1. The third-order valence-electron chi connectivity index (χ3n) is 4.27. The Hall–Kier alpha value is -0.970. The van der Waals surface area contributed by atoms with E-state index >= 15 is 0 Å². The van der Waals surface area contributed by atoms with E-state index in [1.165, 1.54) is 19.4 Å². The minimum absolute atomic E-state index is 0.575. The first kappa shape index (κ1) is 18.4. The van der Waals surface area contributed by atoms with Gasteiger partial charge in [-0.25, -0.2) is 0 Å². The Bertz CT molecular complexity index is 496. The summed E-state index contributed by atoms with van der Waals surface area (Å²) in [5, 5.41) is 4.18. The standard InChI is InChI=1S/C18H29ClN2O2/c1-4-21-9-7-8-15(21)13-20-12-14-10-16(19)18(23-6-3)17(11-14)22-5-2/h10-11,15,20H,4-9,12-13H2,1-3H3. The highest BCUT2D eigenvalue weighted by atomic mass is 35.5. The molecule has 0 spiro atoms. The highest BCUT2D eigenvalue weighted by Crippen LogP contribution is 2.36. The van der Waals surface area contributed by atoms with Gasteiger partial charge in [0.25, 0.3) is 0 Å². The number of halogens is 1. The van der Waals surface area contributed by atoms with Crippen LogP contribution in [-0.4, -0.2) is 43.8 Å². The summed E-state index contributed by atoms with van der Waals surface area (Å²) in [6.07, 6.45) is 2.60. The Morgan fingerprint density at radius 1 is 1.22 bits per heavy atom. The van der Waals surface area contributed by atoms with Gasteiger partial charge in [-0.3, -0.25) is 4.90 Å². The largest absolute Gasteiger partial charge is 0.490 e. The lowest BCUT2D eigenvalue weighted by atomic mass is 10.1. The summed E-state index contributed by atoms with van der Waals surface area (Å²) in [5.41, 5.74) is 1.13. The molecule has 0 aliphatic carbocycles. The van der Waals surface area contributed by atoms with Crippen molar-refractivity contribution in [2.75, 3.05) is 32.8 Å². The van der Waals surface area contributed by atoms with Crippen LogP contribution in [0.25, 0.3) is 0 Å². The zero-order valence-electron chi connectivity index (χ0n) is 14.5. The molecular formula is C18H29ClN2O2. The van der Waals surface area contributed by atoms with Crippen LogP contribution in [0.4, 0.5) is 0 Å². The quantitative estimate of drug-likeness (QED) is 0.743. The van der Waals surface area contributed by atoms with Gasteiger partial charge in [-0.2, -0.15) is 0 Å². The van der Waals surface area contributed by atoms with Gasteiger partial charge >= 0.3 is 0 Å². The minimum atomic E-state index is 0.575. The van der Waals surface area contributed by atoms with E-state index in [1.54, 1.807) is 0 Å². The molecule has 1 unspecified atom stereocenters. The number of ether oxygens (including phenoxy) is 2. The topological polar surface area (TPSA) is 33.7 Å². The average Bonchev–Trinajstić information content (AvgIpc) is 2.98. The second-order valence-corrected chi connectivity index (χ2v) is 6.23. The lowest BCUT2D eigenvalue weighted by molar-refractivity contribution is 0.259. The van der Waals surface area contributed by atoms with E-state index in [2.05, 4.69) is 17.1 Å². The lowest BCUT2D eigenvalue weighted by Gasteiger charge is -2.23. The van der Waals surface area contributed by atoms with Gasteiger partial charge in [-0.15, -0.1) is 0 Å². The Labute approximate surface area is 145 Å². The number of nitrogens with zero attached hydrogens (tertiary/aromatic N) is 1. The van der Waals surface area contributed by atoms with Crippen LogP contribution in [0.1, 0.15) is 39.2 Å². The van der Waals surface area contributed by atoms with E-state index in [0.29, 0.717) is 30.0 Å². The van der Waals surface area contributed by atoms with Crippen LogP contribution in [0.5, 0.6) is 11.5 Å². The first-order chi connectivity index (χ1) is 11.2. The van der Waals surface area contributed by atoms with Crippen molar-refractivity contribution in [2.24, 2.45) is 0 Å². The molecule has 1 saturated heterocycles. The molecule has 23 heavy (non-hydrogen) atoms. The van der Waals surface area contributed by atoms with Gasteiger partial charge in [0.2, 0.25) is 0 Å². The van der Waals surface area contributed by atoms with E-state index in [4.69, 9.17) is 21.1 Å². The number of likely N-dealkylation sites (tertiary alicyclic amines) is 1. The van der Waals surface area contributed by atoms with Crippen LogP contribution in [-0.2, 0) is 6.54 Å². The summed E-state index contributed by atoms with van der Waals surface area (Å²) in [7, 11) is 0. The maximum atomic E-state index is 6.36. The smallest absolute Gasteiger partial charge is 0.179 e. The maximum Gasteiger partial charge on any atom is 0.179 e. The van der Waals surface area contributed by atoms with Crippen LogP contribution in [0, 0.1) is 0 Å². The SMILES string of the molecule is CCOc1cc(CNCC2CCCN2CC)cc(Cl)c1OCC. The molecule has 2 rings (SSSR count). The molecule has 4 nitrogen and oxygen atoms in total. The van der Waals surface area contributed by atoms with Crippen LogP contribution in [0.2, 0.25) is 5.02 Å². The molecule has 1 atom stereocenters. The summed E-state index contributed by atoms with van der Waals surface area (Å²) in [4.78, 5) is 2.55. The predicted molar refractivity (Wildman–Crippen MR) is 95.8 cm³/mol. The Kier molecular flexibility index (Phi) is 7.47. The number of likely N-dealkylation sites (N-methyl/N-ethyl adjacent to an activating group) is 1. The Morgan fingerprint density at radius 2 is 2.00 bits per heavy atom. The lowest BCUT2D eigenvalue weighted by Crippen LogP contribution is -2.37. The first-order valence-corrected chi connectivity index (χ1v) is 9.10. The summed E-state index contributed by atoms with van der Waals surface area (Å²) >= 11 is 6.36. The third kappa shape index (κ3) is 5.00. The molecule has 130 valence electrons. The number of hydrogen-bond donors (Lipinski definition) is 1. The van der Waals surface area contributed by atoms with Crippen molar-refractivity contribution in [3.05, 3.63) is 22.7 Å². The zero-order valence-corrected chi connectivity index (χ0v) is 15.3. The van der Waals surface area contributed by atoms with Gasteiger partial charge < -0.3 is 14.8 Å². The summed E-state index contributed by atoms with van der Waals surface area (Å²) < 4.78 is 11.3. The van der Waals surface area contributed by atoms with Gasteiger partial charge in [0.1, 0.15) is 0 Å². The van der Waals surface area contributed by atoms with Crippen LogP contribution < -0.4 is 14.8 Å². The molecule has 1 fully saturated rings. The van der Waals surface area contributed by atoms with E-state index in [9.17, 15) is 0 Å². The molecule has 0 aromatic heterocycles. The molecule has 0 bridgehead atoms. The second kappa shape index (κ2) is 9.36. The normalized spacial score (nSPS) is 18.3. The van der Waals surface area contributed by atoms with Crippen LogP contribution >= 0.6 is 11.6 Å². The number of rotatable bonds is 9. The van der Waals surface area contributed by atoms with Gasteiger partial charge in [0.05, 0.1) is 18.2 Å². The summed E-state index contributed by atoms with van der Waals surface area (Å²) in [5.74, 6) is 1.38. The monoisotopic (exact) mass is 340 g/mol. The first-order valence-electron chi connectivity index (χ1n) is 8.72. The second-order valence-electron chi connectivity index (χ2n) is 5.83. The van der Waals surface area contributed by atoms with E-state index in [0.717, 1.165) is 30.9 Å². The molecule has 0 radical (unpaired) electrons. The van der Waals surface area contributed by atoms with E-state index in [-0.39, 0.29) is 0 Å². The summed E-state index contributed by atoms with van der Waals surface area (Å²) in [6.45, 7) is 11.5. The van der Waals surface area contributed by atoms with Crippen molar-refractivity contribution in [3.8, 4) is 11.5 Å². The van der Waals surface area contributed by atoms with Crippen LogP contribution in [0.3, 0.4) is 0 Å². The molecule has 1 aromatic rings.